The Morgan fingerprint density at radius 2 is 1.77 bits per heavy atom. The molecule has 1 aliphatic rings. The first-order valence-corrected chi connectivity index (χ1v) is 11.6. The Balaban J connectivity index is 1.51. The standard InChI is InChI=1S/C24H24N2O4S/c1-18-9-13-21(14-10-18)30-17-24(27)25-20-12-11-19-6-5-15-26(23(19)16-20)31(28,29)22-7-3-2-4-8-22/h2-4,7-14,16H,5-6,15,17H2,1H3,(H,25,27). The van der Waals surface area contributed by atoms with Crippen LogP contribution < -0.4 is 14.4 Å². The number of aryl methyl sites for hydroxylation is 2. The molecule has 6 nitrogen and oxygen atoms in total. The van der Waals surface area contributed by atoms with E-state index in [1.807, 2.05) is 37.3 Å². The molecule has 1 amide bonds. The smallest absolute Gasteiger partial charge is 0.264 e. The third-order valence-corrected chi connectivity index (χ3v) is 6.99. The minimum atomic E-state index is -3.67. The number of hydrogen-bond acceptors (Lipinski definition) is 4. The molecule has 7 heteroatoms. The van der Waals surface area contributed by atoms with Gasteiger partial charge in [-0.25, -0.2) is 8.42 Å². The molecular weight excluding hydrogens is 412 g/mol. The van der Waals surface area contributed by atoms with E-state index < -0.39 is 10.0 Å². The lowest BCUT2D eigenvalue weighted by Crippen LogP contribution is -2.35. The molecule has 0 aromatic heterocycles. The first kappa shape index (κ1) is 20.9. The summed E-state index contributed by atoms with van der Waals surface area (Å²) in [7, 11) is -3.67. The van der Waals surface area contributed by atoms with Gasteiger partial charge < -0.3 is 10.1 Å². The monoisotopic (exact) mass is 436 g/mol. The molecule has 31 heavy (non-hydrogen) atoms. The number of amides is 1. The molecule has 1 aliphatic heterocycles. The third-order valence-electron chi connectivity index (χ3n) is 5.17. The number of carbonyl (C=O) groups excluding carboxylic acids is 1. The molecule has 3 aromatic carbocycles. The van der Waals surface area contributed by atoms with Crippen LogP contribution in [0.3, 0.4) is 0 Å². The number of hydrogen-bond donors (Lipinski definition) is 1. The molecule has 0 unspecified atom stereocenters. The van der Waals surface area contributed by atoms with Crippen molar-refractivity contribution in [3.63, 3.8) is 0 Å². The van der Waals surface area contributed by atoms with E-state index in [1.165, 1.54) is 4.31 Å². The number of ether oxygens (including phenoxy) is 1. The molecule has 0 spiro atoms. The Hall–Kier alpha value is -3.32. The number of rotatable bonds is 6. The minimum absolute atomic E-state index is 0.133. The van der Waals surface area contributed by atoms with Crippen molar-refractivity contribution >= 4 is 27.3 Å². The highest BCUT2D eigenvalue weighted by atomic mass is 32.2. The van der Waals surface area contributed by atoms with Crippen LogP contribution in [0.4, 0.5) is 11.4 Å². The van der Waals surface area contributed by atoms with Crippen molar-refractivity contribution in [2.24, 2.45) is 0 Å². The molecule has 0 saturated carbocycles. The van der Waals surface area contributed by atoms with E-state index in [4.69, 9.17) is 4.74 Å². The predicted molar refractivity (Wildman–Crippen MR) is 121 cm³/mol. The van der Waals surface area contributed by atoms with Gasteiger partial charge in [-0.2, -0.15) is 0 Å². The highest BCUT2D eigenvalue weighted by Crippen LogP contribution is 2.34. The van der Waals surface area contributed by atoms with Gasteiger partial charge in [-0.05, 0) is 61.7 Å². The lowest BCUT2D eigenvalue weighted by atomic mass is 10.0. The van der Waals surface area contributed by atoms with Gasteiger partial charge in [0.05, 0.1) is 10.6 Å². The predicted octanol–water partition coefficient (Wildman–Crippen LogP) is 4.15. The Morgan fingerprint density at radius 1 is 1.03 bits per heavy atom. The van der Waals surface area contributed by atoms with Crippen LogP contribution in [-0.2, 0) is 21.2 Å². The molecule has 1 heterocycles. The number of nitrogens with one attached hydrogen (secondary N) is 1. The molecule has 160 valence electrons. The van der Waals surface area contributed by atoms with Gasteiger partial charge in [0.15, 0.2) is 6.61 Å². The summed E-state index contributed by atoms with van der Waals surface area (Å²) >= 11 is 0. The molecular formula is C24H24N2O4S. The van der Waals surface area contributed by atoms with Gasteiger partial charge in [-0.15, -0.1) is 0 Å². The number of sulfonamides is 1. The topological polar surface area (TPSA) is 75.7 Å². The van der Waals surface area contributed by atoms with Crippen LogP contribution in [0.25, 0.3) is 0 Å². The second-order valence-electron chi connectivity index (χ2n) is 7.49. The summed E-state index contributed by atoms with van der Waals surface area (Å²) in [6.45, 7) is 2.25. The van der Waals surface area contributed by atoms with Gasteiger partial charge in [0.2, 0.25) is 0 Å². The van der Waals surface area contributed by atoms with E-state index in [0.29, 0.717) is 23.7 Å². The van der Waals surface area contributed by atoms with Crippen LogP contribution in [-0.4, -0.2) is 27.5 Å². The maximum atomic E-state index is 13.2. The van der Waals surface area contributed by atoms with Gasteiger partial charge in [0.25, 0.3) is 15.9 Å². The van der Waals surface area contributed by atoms with Crippen molar-refractivity contribution in [2.75, 3.05) is 22.8 Å². The van der Waals surface area contributed by atoms with Crippen LogP contribution >= 0.6 is 0 Å². The molecule has 0 radical (unpaired) electrons. The van der Waals surface area contributed by atoms with Crippen molar-refractivity contribution in [2.45, 2.75) is 24.7 Å². The number of fused-ring (bicyclic) bond motifs is 1. The summed E-state index contributed by atoms with van der Waals surface area (Å²) in [6.07, 6.45) is 1.54. The van der Waals surface area contributed by atoms with Crippen LogP contribution in [0.5, 0.6) is 5.75 Å². The summed E-state index contributed by atoms with van der Waals surface area (Å²) in [6, 6.07) is 21.2. The van der Waals surface area contributed by atoms with Gasteiger partial charge in [-0.1, -0.05) is 42.0 Å². The van der Waals surface area contributed by atoms with Crippen LogP contribution in [0.2, 0.25) is 0 Å². The van der Waals surface area contributed by atoms with E-state index in [2.05, 4.69) is 5.32 Å². The van der Waals surface area contributed by atoms with E-state index in [9.17, 15) is 13.2 Å². The van der Waals surface area contributed by atoms with Crippen LogP contribution in [0.15, 0.2) is 77.7 Å². The zero-order valence-electron chi connectivity index (χ0n) is 17.2. The van der Waals surface area contributed by atoms with Gasteiger partial charge in [0.1, 0.15) is 5.75 Å². The van der Waals surface area contributed by atoms with Gasteiger partial charge in [-0.3, -0.25) is 9.10 Å². The van der Waals surface area contributed by atoms with Crippen molar-refractivity contribution in [3.05, 3.63) is 83.9 Å². The Morgan fingerprint density at radius 3 is 2.52 bits per heavy atom. The normalized spacial score (nSPS) is 13.4. The van der Waals surface area contributed by atoms with Crippen molar-refractivity contribution < 1.29 is 17.9 Å². The maximum absolute atomic E-state index is 13.2. The minimum Gasteiger partial charge on any atom is -0.484 e. The fourth-order valence-electron chi connectivity index (χ4n) is 3.57. The number of benzene rings is 3. The molecule has 0 bridgehead atoms. The van der Waals surface area contributed by atoms with E-state index in [0.717, 1.165) is 24.0 Å². The first-order chi connectivity index (χ1) is 14.9. The highest BCUT2D eigenvalue weighted by molar-refractivity contribution is 7.92. The van der Waals surface area contributed by atoms with Crippen molar-refractivity contribution in [1.29, 1.82) is 0 Å². The average Bonchev–Trinajstić information content (AvgIpc) is 2.79. The summed E-state index contributed by atoms with van der Waals surface area (Å²) in [5.74, 6) is 0.306. The van der Waals surface area contributed by atoms with Gasteiger partial charge in [0, 0.05) is 12.2 Å². The molecule has 0 aliphatic carbocycles. The Bertz CT molecular complexity index is 1180. The fourth-order valence-corrected chi connectivity index (χ4v) is 5.12. The van der Waals surface area contributed by atoms with E-state index in [-0.39, 0.29) is 17.4 Å². The molecule has 4 rings (SSSR count). The average molecular weight is 437 g/mol. The first-order valence-electron chi connectivity index (χ1n) is 10.1. The fraction of sp³-hybridized carbons (Fsp3) is 0.208. The molecule has 1 N–H and O–H groups in total. The Kier molecular flexibility index (Phi) is 5.95. The molecule has 0 atom stereocenters. The van der Waals surface area contributed by atoms with Crippen LogP contribution in [0, 0.1) is 6.92 Å². The maximum Gasteiger partial charge on any atom is 0.264 e. The van der Waals surface area contributed by atoms with Gasteiger partial charge >= 0.3 is 0 Å². The second-order valence-corrected chi connectivity index (χ2v) is 9.35. The van der Waals surface area contributed by atoms with Crippen molar-refractivity contribution in [1.82, 2.24) is 0 Å². The summed E-state index contributed by atoms with van der Waals surface area (Å²) < 4.78 is 33.3. The van der Waals surface area contributed by atoms with Crippen LogP contribution in [0.1, 0.15) is 17.5 Å². The lowest BCUT2D eigenvalue weighted by molar-refractivity contribution is -0.118. The number of nitrogens with zero attached hydrogens (tertiary/aromatic N) is 1. The number of anilines is 2. The molecule has 0 saturated heterocycles. The van der Waals surface area contributed by atoms with E-state index >= 15 is 0 Å². The summed E-state index contributed by atoms with van der Waals surface area (Å²) in [5.41, 5.74) is 3.19. The second kappa shape index (κ2) is 8.81. The largest absolute Gasteiger partial charge is 0.484 e. The number of carbonyl (C=O) groups is 1. The highest BCUT2D eigenvalue weighted by Gasteiger charge is 2.29. The Labute approximate surface area is 182 Å². The lowest BCUT2D eigenvalue weighted by Gasteiger charge is -2.31. The zero-order chi connectivity index (χ0) is 21.8. The molecule has 3 aromatic rings. The third kappa shape index (κ3) is 4.72. The summed E-state index contributed by atoms with van der Waals surface area (Å²) in [4.78, 5) is 12.6. The quantitative estimate of drug-likeness (QED) is 0.630. The summed E-state index contributed by atoms with van der Waals surface area (Å²) in [5, 5.41) is 2.80. The SMILES string of the molecule is Cc1ccc(OCC(=O)Nc2ccc3c(c2)N(S(=O)(=O)c2ccccc2)CCC3)cc1. The zero-order valence-corrected chi connectivity index (χ0v) is 18.1. The van der Waals surface area contributed by atoms with E-state index in [1.54, 1.807) is 42.5 Å². The molecule has 0 fully saturated rings. The van der Waals surface area contributed by atoms with Crippen molar-refractivity contribution in [3.8, 4) is 5.75 Å².